The van der Waals surface area contributed by atoms with Gasteiger partial charge in [0.1, 0.15) is 5.69 Å². The zero-order chi connectivity index (χ0) is 17.1. The van der Waals surface area contributed by atoms with E-state index in [1.54, 1.807) is 30.7 Å². The molecule has 4 rings (SSSR count). The number of carbonyl (C=O) groups excluding carboxylic acids is 1. The van der Waals surface area contributed by atoms with Crippen LogP contribution >= 0.6 is 0 Å². The molecule has 1 amide bonds. The maximum absolute atomic E-state index is 12.4. The normalized spacial score (nSPS) is 10.6. The topological polar surface area (TPSA) is 95.6 Å². The van der Waals surface area contributed by atoms with Crippen molar-refractivity contribution in [3.05, 3.63) is 72.8 Å². The van der Waals surface area contributed by atoms with Gasteiger partial charge in [0.15, 0.2) is 0 Å². The predicted molar refractivity (Wildman–Crippen MR) is 95.8 cm³/mol. The second-order valence-electron chi connectivity index (χ2n) is 5.35. The Morgan fingerprint density at radius 2 is 1.60 bits per heavy atom. The van der Waals surface area contributed by atoms with Gasteiger partial charge in [-0.3, -0.25) is 9.78 Å². The van der Waals surface area contributed by atoms with Crippen LogP contribution in [0.5, 0.6) is 0 Å². The molecule has 0 saturated carbocycles. The van der Waals surface area contributed by atoms with E-state index in [1.807, 2.05) is 36.4 Å². The minimum atomic E-state index is -0.217. The van der Waals surface area contributed by atoms with Crippen LogP contribution in [0.15, 0.2) is 67.1 Å². The third-order valence-electron chi connectivity index (χ3n) is 3.60. The minimum Gasteiger partial charge on any atom is -0.349 e. The van der Waals surface area contributed by atoms with Crippen LogP contribution in [0, 0.1) is 0 Å². The van der Waals surface area contributed by atoms with E-state index in [4.69, 9.17) is 0 Å². The molecule has 0 fully saturated rings. The molecule has 0 saturated heterocycles. The zero-order valence-corrected chi connectivity index (χ0v) is 13.1. The van der Waals surface area contributed by atoms with Crippen LogP contribution in [0.3, 0.4) is 0 Å². The van der Waals surface area contributed by atoms with Crippen molar-refractivity contribution >= 4 is 34.3 Å². The first kappa shape index (κ1) is 14.8. The molecule has 25 heavy (non-hydrogen) atoms. The van der Waals surface area contributed by atoms with Gasteiger partial charge in [0.2, 0.25) is 5.95 Å². The number of nitrogens with zero attached hydrogens (tertiary/aromatic N) is 3. The summed E-state index contributed by atoms with van der Waals surface area (Å²) in [7, 11) is 0. The molecule has 0 aliphatic carbocycles. The lowest BCUT2D eigenvalue weighted by Gasteiger charge is -2.07. The summed E-state index contributed by atoms with van der Waals surface area (Å²) >= 11 is 0. The van der Waals surface area contributed by atoms with E-state index in [0.717, 1.165) is 16.7 Å². The molecule has 3 aromatic heterocycles. The second-order valence-corrected chi connectivity index (χ2v) is 5.35. The summed E-state index contributed by atoms with van der Waals surface area (Å²) in [4.78, 5) is 27.8. The first-order valence-corrected chi connectivity index (χ1v) is 7.67. The Bertz CT molecular complexity index is 978. The van der Waals surface area contributed by atoms with Crippen molar-refractivity contribution in [1.82, 2.24) is 19.9 Å². The van der Waals surface area contributed by atoms with E-state index >= 15 is 0 Å². The van der Waals surface area contributed by atoms with Crippen LogP contribution in [0.1, 0.15) is 10.5 Å². The molecule has 3 N–H and O–H groups in total. The summed E-state index contributed by atoms with van der Waals surface area (Å²) < 4.78 is 0. The number of hydrogen-bond acceptors (Lipinski definition) is 5. The van der Waals surface area contributed by atoms with Crippen molar-refractivity contribution in [2.75, 3.05) is 10.6 Å². The van der Waals surface area contributed by atoms with Gasteiger partial charge in [-0.2, -0.15) is 0 Å². The highest BCUT2D eigenvalue weighted by Crippen LogP contribution is 2.18. The van der Waals surface area contributed by atoms with E-state index in [9.17, 15) is 4.79 Å². The van der Waals surface area contributed by atoms with Crippen molar-refractivity contribution in [3.63, 3.8) is 0 Å². The second kappa shape index (κ2) is 6.40. The maximum atomic E-state index is 12.4. The summed E-state index contributed by atoms with van der Waals surface area (Å²) in [5.74, 6) is 0.301. The van der Waals surface area contributed by atoms with Crippen molar-refractivity contribution in [2.45, 2.75) is 0 Å². The monoisotopic (exact) mass is 330 g/mol. The molecule has 0 aliphatic heterocycles. The summed E-state index contributed by atoms with van der Waals surface area (Å²) in [6.07, 6.45) is 5.03. The fraction of sp³-hybridized carbons (Fsp3) is 0. The molecule has 1 aromatic carbocycles. The van der Waals surface area contributed by atoms with Gasteiger partial charge >= 0.3 is 0 Å². The SMILES string of the molecule is O=C(Nc1ccc(Nc2ncccn2)cc1)c1cc2ncccc2[nH]1. The van der Waals surface area contributed by atoms with Crippen LogP contribution in [-0.2, 0) is 0 Å². The van der Waals surface area contributed by atoms with Crippen molar-refractivity contribution in [2.24, 2.45) is 0 Å². The Balaban J connectivity index is 1.46. The summed E-state index contributed by atoms with van der Waals surface area (Å²) in [6.45, 7) is 0. The van der Waals surface area contributed by atoms with Crippen LogP contribution < -0.4 is 10.6 Å². The van der Waals surface area contributed by atoms with Crippen molar-refractivity contribution < 1.29 is 4.79 Å². The Morgan fingerprint density at radius 1 is 0.880 bits per heavy atom. The van der Waals surface area contributed by atoms with Gasteiger partial charge < -0.3 is 15.6 Å². The number of nitrogens with one attached hydrogen (secondary N) is 3. The highest BCUT2D eigenvalue weighted by Gasteiger charge is 2.10. The molecule has 3 heterocycles. The van der Waals surface area contributed by atoms with E-state index in [0.29, 0.717) is 17.3 Å². The average Bonchev–Trinajstić information content (AvgIpc) is 3.09. The number of rotatable bonds is 4. The Morgan fingerprint density at radius 3 is 2.36 bits per heavy atom. The largest absolute Gasteiger partial charge is 0.349 e. The predicted octanol–water partition coefficient (Wildman–Crippen LogP) is 3.35. The van der Waals surface area contributed by atoms with Crippen molar-refractivity contribution in [1.29, 1.82) is 0 Å². The average molecular weight is 330 g/mol. The fourth-order valence-corrected chi connectivity index (χ4v) is 2.41. The van der Waals surface area contributed by atoms with Crippen LogP contribution in [-0.4, -0.2) is 25.8 Å². The molecular formula is C18H14N6O. The number of carbonyl (C=O) groups is 1. The smallest absolute Gasteiger partial charge is 0.272 e. The molecule has 4 aromatic rings. The highest BCUT2D eigenvalue weighted by molar-refractivity contribution is 6.05. The molecule has 0 radical (unpaired) electrons. The van der Waals surface area contributed by atoms with E-state index in [2.05, 4.69) is 30.6 Å². The van der Waals surface area contributed by atoms with Gasteiger partial charge in [0, 0.05) is 30.0 Å². The first-order chi connectivity index (χ1) is 12.3. The summed E-state index contributed by atoms with van der Waals surface area (Å²) in [5, 5.41) is 5.94. The lowest BCUT2D eigenvalue weighted by atomic mass is 10.2. The van der Waals surface area contributed by atoms with Gasteiger partial charge in [-0.1, -0.05) is 0 Å². The van der Waals surface area contributed by atoms with Gasteiger partial charge in [0.25, 0.3) is 5.91 Å². The van der Waals surface area contributed by atoms with Crippen LogP contribution in [0.4, 0.5) is 17.3 Å². The molecule has 0 aliphatic rings. The number of fused-ring (bicyclic) bond motifs is 1. The molecular weight excluding hydrogens is 316 g/mol. The number of aromatic nitrogens is 4. The lowest BCUT2D eigenvalue weighted by molar-refractivity contribution is 0.102. The number of H-pyrrole nitrogens is 1. The number of pyridine rings is 1. The fourth-order valence-electron chi connectivity index (χ4n) is 2.41. The first-order valence-electron chi connectivity index (χ1n) is 7.67. The summed E-state index contributed by atoms with van der Waals surface area (Å²) in [6, 6.07) is 14.5. The third kappa shape index (κ3) is 3.30. The maximum Gasteiger partial charge on any atom is 0.272 e. The van der Waals surface area contributed by atoms with Gasteiger partial charge in [0.05, 0.1) is 11.0 Å². The van der Waals surface area contributed by atoms with Gasteiger partial charge in [-0.25, -0.2) is 9.97 Å². The molecule has 0 atom stereocenters. The van der Waals surface area contributed by atoms with E-state index < -0.39 is 0 Å². The Hall–Kier alpha value is -3.74. The van der Waals surface area contributed by atoms with E-state index in [-0.39, 0.29) is 5.91 Å². The summed E-state index contributed by atoms with van der Waals surface area (Å²) in [5.41, 5.74) is 3.58. The van der Waals surface area contributed by atoms with Gasteiger partial charge in [-0.15, -0.1) is 0 Å². The zero-order valence-electron chi connectivity index (χ0n) is 13.1. The number of amides is 1. The molecule has 7 heteroatoms. The molecule has 7 nitrogen and oxygen atoms in total. The number of benzene rings is 1. The quantitative estimate of drug-likeness (QED) is 0.533. The number of aromatic amines is 1. The van der Waals surface area contributed by atoms with Crippen LogP contribution in [0.25, 0.3) is 11.0 Å². The molecule has 0 unspecified atom stereocenters. The molecule has 122 valence electrons. The standard InChI is InChI=1S/C18H14N6O/c25-17(16-11-15-14(24-16)3-1-8-19-15)22-12-4-6-13(7-5-12)23-18-20-9-2-10-21-18/h1-11,24H,(H,22,25)(H,20,21,23). The minimum absolute atomic E-state index is 0.217. The Kier molecular flexibility index (Phi) is 3.80. The number of anilines is 3. The third-order valence-corrected chi connectivity index (χ3v) is 3.60. The van der Waals surface area contributed by atoms with E-state index in [1.165, 1.54) is 0 Å². The molecule has 0 bridgehead atoms. The highest BCUT2D eigenvalue weighted by atomic mass is 16.1. The van der Waals surface area contributed by atoms with Crippen LogP contribution in [0.2, 0.25) is 0 Å². The van der Waals surface area contributed by atoms with Gasteiger partial charge in [-0.05, 0) is 48.5 Å². The molecule has 0 spiro atoms. The Labute approximate surface area is 143 Å². The van der Waals surface area contributed by atoms with Crippen molar-refractivity contribution in [3.8, 4) is 0 Å². The number of hydrogen-bond donors (Lipinski definition) is 3. The lowest BCUT2D eigenvalue weighted by Crippen LogP contribution is -2.12.